The van der Waals surface area contributed by atoms with Crippen LogP contribution in [0.25, 0.3) is 0 Å². The number of nitrogens with zero attached hydrogens (tertiary/aromatic N) is 3. The highest BCUT2D eigenvalue weighted by Gasteiger charge is 2.29. The van der Waals surface area contributed by atoms with Crippen LogP contribution in [0.2, 0.25) is 0 Å². The molecule has 1 saturated heterocycles. The highest BCUT2D eigenvalue weighted by Crippen LogP contribution is 2.23. The van der Waals surface area contributed by atoms with Gasteiger partial charge in [0.25, 0.3) is 0 Å². The Hall–Kier alpha value is -1.60. The lowest BCUT2D eigenvalue weighted by atomic mass is 10.0. The van der Waals surface area contributed by atoms with Crippen molar-refractivity contribution in [2.45, 2.75) is 25.4 Å². The summed E-state index contributed by atoms with van der Waals surface area (Å²) < 4.78 is 13.3. The number of benzene rings is 1. The van der Waals surface area contributed by atoms with Gasteiger partial charge >= 0.3 is 0 Å². The van der Waals surface area contributed by atoms with Crippen LogP contribution in [0.3, 0.4) is 0 Å². The molecule has 1 aliphatic rings. The van der Waals surface area contributed by atoms with Crippen molar-refractivity contribution in [2.75, 3.05) is 25.0 Å². The molecular weight excluding hydrogens is 229 g/mol. The highest BCUT2D eigenvalue weighted by molar-refractivity contribution is 5.47. The molecule has 1 aromatic carbocycles. The van der Waals surface area contributed by atoms with E-state index in [0.717, 1.165) is 18.8 Å². The molecule has 0 spiro atoms. The van der Waals surface area contributed by atoms with Gasteiger partial charge in [0.05, 0.1) is 12.5 Å². The molecule has 18 heavy (non-hydrogen) atoms. The first-order chi connectivity index (χ1) is 8.61. The molecule has 1 heterocycles. The zero-order valence-corrected chi connectivity index (χ0v) is 10.8. The SMILES string of the molecule is CC1CN(c2cccc(F)c2)CC(CC#N)N1C. The van der Waals surface area contributed by atoms with Crippen molar-refractivity contribution >= 4 is 5.69 Å². The van der Waals surface area contributed by atoms with Crippen LogP contribution in [0, 0.1) is 17.1 Å². The summed E-state index contributed by atoms with van der Waals surface area (Å²) in [6, 6.07) is 9.46. The maximum Gasteiger partial charge on any atom is 0.125 e. The van der Waals surface area contributed by atoms with Gasteiger partial charge in [-0.05, 0) is 32.2 Å². The van der Waals surface area contributed by atoms with Crippen molar-refractivity contribution in [1.29, 1.82) is 5.26 Å². The van der Waals surface area contributed by atoms with Gasteiger partial charge in [-0.3, -0.25) is 4.90 Å². The first kappa shape index (κ1) is 12.8. The molecule has 96 valence electrons. The second kappa shape index (κ2) is 5.36. The topological polar surface area (TPSA) is 30.3 Å². The van der Waals surface area contributed by atoms with E-state index in [1.54, 1.807) is 12.1 Å². The molecule has 0 N–H and O–H groups in total. The van der Waals surface area contributed by atoms with Gasteiger partial charge in [0.2, 0.25) is 0 Å². The summed E-state index contributed by atoms with van der Waals surface area (Å²) >= 11 is 0. The molecule has 0 bridgehead atoms. The van der Waals surface area contributed by atoms with E-state index in [1.807, 2.05) is 6.07 Å². The number of piperazine rings is 1. The summed E-state index contributed by atoms with van der Waals surface area (Å²) in [5, 5.41) is 8.87. The van der Waals surface area contributed by atoms with Crippen molar-refractivity contribution in [3.63, 3.8) is 0 Å². The Labute approximate surface area is 107 Å². The normalized spacial score (nSPS) is 24.9. The molecular formula is C14H18FN3. The number of rotatable bonds is 2. The third-order valence-corrected chi connectivity index (χ3v) is 3.69. The Bertz CT molecular complexity index is 455. The van der Waals surface area contributed by atoms with Crippen molar-refractivity contribution in [1.82, 2.24) is 4.90 Å². The van der Waals surface area contributed by atoms with Crippen LogP contribution in [-0.2, 0) is 0 Å². The Morgan fingerprint density at radius 3 is 2.89 bits per heavy atom. The van der Waals surface area contributed by atoms with Crippen molar-refractivity contribution in [3.05, 3.63) is 30.1 Å². The summed E-state index contributed by atoms with van der Waals surface area (Å²) in [5.74, 6) is -0.212. The van der Waals surface area contributed by atoms with Crippen LogP contribution in [0.5, 0.6) is 0 Å². The van der Waals surface area contributed by atoms with Crippen molar-refractivity contribution in [2.24, 2.45) is 0 Å². The van der Waals surface area contributed by atoms with E-state index < -0.39 is 0 Å². The maximum atomic E-state index is 13.3. The molecule has 0 saturated carbocycles. The quantitative estimate of drug-likeness (QED) is 0.803. The molecule has 0 radical (unpaired) electrons. The Kier molecular flexibility index (Phi) is 3.83. The first-order valence-corrected chi connectivity index (χ1v) is 6.21. The fourth-order valence-electron chi connectivity index (χ4n) is 2.46. The van der Waals surface area contributed by atoms with Crippen LogP contribution in [0.15, 0.2) is 24.3 Å². The first-order valence-electron chi connectivity index (χ1n) is 6.21. The van der Waals surface area contributed by atoms with Gasteiger partial charge in [0.1, 0.15) is 5.82 Å². The van der Waals surface area contributed by atoms with E-state index in [0.29, 0.717) is 12.5 Å². The minimum Gasteiger partial charge on any atom is -0.368 e. The number of hydrogen-bond donors (Lipinski definition) is 0. The van der Waals surface area contributed by atoms with Crippen LogP contribution in [-0.4, -0.2) is 37.1 Å². The number of anilines is 1. The van der Waals surface area contributed by atoms with Crippen LogP contribution < -0.4 is 4.90 Å². The van der Waals surface area contributed by atoms with Gasteiger partial charge in [-0.25, -0.2) is 4.39 Å². The summed E-state index contributed by atoms with van der Waals surface area (Å²) in [6.07, 6.45) is 0.507. The second-order valence-electron chi connectivity index (χ2n) is 4.92. The van der Waals surface area contributed by atoms with Gasteiger partial charge in [0.15, 0.2) is 0 Å². The third kappa shape index (κ3) is 2.62. The zero-order chi connectivity index (χ0) is 13.1. The van der Waals surface area contributed by atoms with Crippen LogP contribution in [0.4, 0.5) is 10.1 Å². The van der Waals surface area contributed by atoms with Gasteiger partial charge in [-0.1, -0.05) is 6.07 Å². The smallest absolute Gasteiger partial charge is 0.125 e. The number of nitriles is 1. The monoisotopic (exact) mass is 247 g/mol. The molecule has 2 unspecified atom stereocenters. The molecule has 0 amide bonds. The van der Waals surface area contributed by atoms with Gasteiger partial charge < -0.3 is 4.90 Å². The highest BCUT2D eigenvalue weighted by atomic mass is 19.1. The largest absolute Gasteiger partial charge is 0.368 e. The average molecular weight is 247 g/mol. The van der Waals surface area contributed by atoms with Gasteiger partial charge in [-0.15, -0.1) is 0 Å². The fourth-order valence-corrected chi connectivity index (χ4v) is 2.46. The number of likely N-dealkylation sites (N-methyl/N-ethyl adjacent to an activating group) is 1. The lowest BCUT2D eigenvalue weighted by Gasteiger charge is -2.44. The fraction of sp³-hybridized carbons (Fsp3) is 0.500. The number of halogens is 1. The Morgan fingerprint density at radius 2 is 2.22 bits per heavy atom. The van der Waals surface area contributed by atoms with E-state index in [4.69, 9.17) is 5.26 Å². The zero-order valence-electron chi connectivity index (χ0n) is 10.8. The summed E-state index contributed by atoms with van der Waals surface area (Å²) in [4.78, 5) is 4.40. The standard InChI is InChI=1S/C14H18FN3/c1-11-9-18(10-14(6-7-16)17(11)2)13-5-3-4-12(15)8-13/h3-5,8,11,14H,6,9-10H2,1-2H3. The Morgan fingerprint density at radius 1 is 1.44 bits per heavy atom. The third-order valence-electron chi connectivity index (χ3n) is 3.69. The van der Waals surface area contributed by atoms with Crippen LogP contribution in [0.1, 0.15) is 13.3 Å². The van der Waals surface area contributed by atoms with Gasteiger partial charge in [-0.2, -0.15) is 5.26 Å². The Balaban J connectivity index is 2.17. The van der Waals surface area contributed by atoms with E-state index in [2.05, 4.69) is 29.8 Å². The molecule has 3 nitrogen and oxygen atoms in total. The molecule has 2 rings (SSSR count). The predicted octanol–water partition coefficient (Wildman–Crippen LogP) is 2.25. The molecule has 4 heteroatoms. The van der Waals surface area contributed by atoms with Crippen LogP contribution >= 0.6 is 0 Å². The second-order valence-corrected chi connectivity index (χ2v) is 4.92. The minimum atomic E-state index is -0.212. The lowest BCUT2D eigenvalue weighted by molar-refractivity contribution is 0.160. The van der Waals surface area contributed by atoms with Crippen molar-refractivity contribution in [3.8, 4) is 6.07 Å². The molecule has 1 fully saturated rings. The minimum absolute atomic E-state index is 0.210. The summed E-state index contributed by atoms with van der Waals surface area (Å²) in [7, 11) is 2.05. The van der Waals surface area contributed by atoms with Crippen molar-refractivity contribution < 1.29 is 4.39 Å². The maximum absolute atomic E-state index is 13.3. The number of hydrogen-bond acceptors (Lipinski definition) is 3. The summed E-state index contributed by atoms with van der Waals surface area (Å²) in [6.45, 7) is 3.77. The van der Waals surface area contributed by atoms with E-state index >= 15 is 0 Å². The van der Waals surface area contributed by atoms with E-state index in [1.165, 1.54) is 6.07 Å². The lowest BCUT2D eigenvalue weighted by Crippen LogP contribution is -2.56. The van der Waals surface area contributed by atoms with E-state index in [9.17, 15) is 4.39 Å². The molecule has 1 aromatic rings. The average Bonchev–Trinajstić information content (AvgIpc) is 2.35. The molecule has 0 aromatic heterocycles. The van der Waals surface area contributed by atoms with E-state index in [-0.39, 0.29) is 11.9 Å². The predicted molar refractivity (Wildman–Crippen MR) is 69.9 cm³/mol. The molecule has 0 aliphatic carbocycles. The molecule has 2 atom stereocenters. The summed E-state index contributed by atoms with van der Waals surface area (Å²) in [5.41, 5.74) is 0.901. The van der Waals surface area contributed by atoms with Gasteiger partial charge in [0, 0.05) is 30.9 Å². The molecule has 1 aliphatic heterocycles.